The number of anilines is 3. The minimum Gasteiger partial charge on any atom is -0.456 e. The molecule has 1 heterocycles. The molecule has 2 heteroatoms. The predicted molar refractivity (Wildman–Crippen MR) is 248 cm³/mol. The summed E-state index contributed by atoms with van der Waals surface area (Å²) in [5.74, 6) is 0. The van der Waals surface area contributed by atoms with Crippen LogP contribution in [0.5, 0.6) is 0 Å². The Morgan fingerprint density at radius 3 is 1.66 bits per heavy atom. The van der Waals surface area contributed by atoms with Crippen molar-refractivity contribution in [1.82, 2.24) is 0 Å². The molecule has 1 aliphatic rings. The quantitative estimate of drug-likeness (QED) is 0.161. The molecule has 0 fully saturated rings. The van der Waals surface area contributed by atoms with E-state index in [4.69, 9.17) is 4.42 Å². The highest BCUT2D eigenvalue weighted by Crippen LogP contribution is 2.50. The van der Waals surface area contributed by atoms with Crippen molar-refractivity contribution >= 4 is 39.0 Å². The Balaban J connectivity index is 1.07. The molecule has 0 bridgehead atoms. The summed E-state index contributed by atoms with van der Waals surface area (Å²) in [6, 6.07) is 76.9. The van der Waals surface area contributed by atoms with Gasteiger partial charge in [-0.25, -0.2) is 0 Å². The molecule has 9 aromatic carbocycles. The van der Waals surface area contributed by atoms with E-state index in [0.29, 0.717) is 0 Å². The molecule has 0 saturated carbocycles. The molecule has 2 nitrogen and oxygen atoms in total. The molecule has 11 rings (SSSR count). The van der Waals surface area contributed by atoms with Crippen molar-refractivity contribution in [2.24, 2.45) is 0 Å². The SMILES string of the molecule is CC1(C)c2ccccc2-c2ccc(-c3ccc(N(c4ccc5oc6ccccc6c5c4)c4ccccc4-c4ccccc4-c4ccccc4-c4ccccc4)cc3)cc21. The third-order valence-corrected chi connectivity index (χ3v) is 12.3. The molecular weight excluding hydrogens is 715 g/mol. The Hall–Kier alpha value is -7.42. The highest BCUT2D eigenvalue weighted by atomic mass is 16.3. The maximum atomic E-state index is 6.32. The van der Waals surface area contributed by atoms with Gasteiger partial charge in [-0.15, -0.1) is 0 Å². The largest absolute Gasteiger partial charge is 0.456 e. The number of hydrogen-bond donors (Lipinski definition) is 0. The first-order chi connectivity index (χ1) is 29.0. The van der Waals surface area contributed by atoms with Crippen LogP contribution in [0.15, 0.2) is 217 Å². The van der Waals surface area contributed by atoms with Crippen molar-refractivity contribution in [3.63, 3.8) is 0 Å². The maximum absolute atomic E-state index is 6.32. The van der Waals surface area contributed by atoms with Gasteiger partial charge < -0.3 is 9.32 Å². The molecule has 1 aromatic heterocycles. The van der Waals surface area contributed by atoms with Gasteiger partial charge in [-0.2, -0.15) is 0 Å². The van der Waals surface area contributed by atoms with Crippen molar-refractivity contribution in [3.8, 4) is 55.6 Å². The minimum atomic E-state index is -0.0593. The van der Waals surface area contributed by atoms with Crippen LogP contribution in [0.25, 0.3) is 77.6 Å². The van der Waals surface area contributed by atoms with Gasteiger partial charge in [0.05, 0.1) is 5.69 Å². The van der Waals surface area contributed by atoms with Crippen molar-refractivity contribution in [3.05, 3.63) is 223 Å². The fourth-order valence-corrected chi connectivity index (χ4v) is 9.40. The van der Waals surface area contributed by atoms with E-state index < -0.39 is 0 Å². The lowest BCUT2D eigenvalue weighted by atomic mass is 9.81. The Morgan fingerprint density at radius 1 is 0.339 bits per heavy atom. The summed E-state index contributed by atoms with van der Waals surface area (Å²) in [4.78, 5) is 2.41. The van der Waals surface area contributed by atoms with Gasteiger partial charge in [0, 0.05) is 33.1 Å². The second kappa shape index (κ2) is 13.9. The number of para-hydroxylation sites is 2. The first-order valence-corrected chi connectivity index (χ1v) is 20.4. The van der Waals surface area contributed by atoms with E-state index in [-0.39, 0.29) is 5.41 Å². The topological polar surface area (TPSA) is 16.4 Å². The zero-order valence-corrected chi connectivity index (χ0v) is 33.1. The Kier molecular flexibility index (Phi) is 8.20. The van der Waals surface area contributed by atoms with Crippen LogP contribution in [0, 0.1) is 0 Å². The van der Waals surface area contributed by atoms with Crippen LogP contribution in [-0.4, -0.2) is 0 Å². The zero-order chi connectivity index (χ0) is 39.5. The Morgan fingerprint density at radius 2 is 0.881 bits per heavy atom. The fourth-order valence-electron chi connectivity index (χ4n) is 9.40. The van der Waals surface area contributed by atoms with Gasteiger partial charge in [-0.05, 0) is 110 Å². The van der Waals surface area contributed by atoms with Crippen LogP contribution in [0.2, 0.25) is 0 Å². The van der Waals surface area contributed by atoms with Crippen molar-refractivity contribution < 1.29 is 4.42 Å². The molecule has 10 aromatic rings. The average molecular weight is 756 g/mol. The number of nitrogens with zero attached hydrogens (tertiary/aromatic N) is 1. The second-order valence-corrected chi connectivity index (χ2v) is 16.1. The summed E-state index contributed by atoms with van der Waals surface area (Å²) >= 11 is 0. The highest BCUT2D eigenvalue weighted by molar-refractivity contribution is 6.07. The van der Waals surface area contributed by atoms with Crippen molar-refractivity contribution in [2.45, 2.75) is 19.3 Å². The van der Waals surface area contributed by atoms with Crippen LogP contribution >= 0.6 is 0 Å². The number of fused-ring (bicyclic) bond motifs is 6. The normalized spacial score (nSPS) is 12.7. The van der Waals surface area contributed by atoms with Crippen LogP contribution in [0.1, 0.15) is 25.0 Å². The molecule has 0 saturated heterocycles. The standard InChI is InChI=1S/C57H41NO/c1-57(2)52-25-13-10-22-47(52)48-34-30-40(36-53(48)57)38-28-31-41(32-29-38)58(42-33-35-56-51(37-42)50-24-12-15-27-55(50)59-56)54-26-14-11-23-49(54)46-21-9-8-20-45(46)44-19-7-6-18-43(44)39-16-4-3-5-17-39/h3-37H,1-2H3. The lowest BCUT2D eigenvalue weighted by Crippen LogP contribution is -2.14. The molecule has 280 valence electrons. The third kappa shape index (κ3) is 5.79. The van der Waals surface area contributed by atoms with Crippen LogP contribution in [0.4, 0.5) is 17.1 Å². The van der Waals surface area contributed by atoms with Crippen molar-refractivity contribution in [2.75, 3.05) is 4.90 Å². The van der Waals surface area contributed by atoms with E-state index in [0.717, 1.165) is 44.6 Å². The summed E-state index contributed by atoms with van der Waals surface area (Å²) in [7, 11) is 0. The summed E-state index contributed by atoms with van der Waals surface area (Å²) < 4.78 is 6.32. The molecule has 0 amide bonds. The lowest BCUT2D eigenvalue weighted by Gasteiger charge is -2.29. The summed E-state index contributed by atoms with van der Waals surface area (Å²) in [5.41, 5.74) is 19.9. The third-order valence-electron chi connectivity index (χ3n) is 12.3. The minimum absolute atomic E-state index is 0.0593. The predicted octanol–water partition coefficient (Wildman–Crippen LogP) is 16.0. The van der Waals surface area contributed by atoms with E-state index in [1.165, 1.54) is 61.2 Å². The van der Waals surface area contributed by atoms with E-state index in [1.54, 1.807) is 0 Å². The van der Waals surface area contributed by atoms with E-state index in [9.17, 15) is 0 Å². The van der Waals surface area contributed by atoms with Crippen LogP contribution in [-0.2, 0) is 5.41 Å². The zero-order valence-electron chi connectivity index (χ0n) is 33.1. The molecule has 0 radical (unpaired) electrons. The smallest absolute Gasteiger partial charge is 0.135 e. The molecule has 0 spiro atoms. The first-order valence-electron chi connectivity index (χ1n) is 20.4. The monoisotopic (exact) mass is 755 g/mol. The summed E-state index contributed by atoms with van der Waals surface area (Å²) in [6.07, 6.45) is 0. The van der Waals surface area contributed by atoms with Gasteiger partial charge >= 0.3 is 0 Å². The van der Waals surface area contributed by atoms with Gasteiger partial charge in [0.1, 0.15) is 11.2 Å². The highest BCUT2D eigenvalue weighted by Gasteiger charge is 2.35. The maximum Gasteiger partial charge on any atom is 0.135 e. The van der Waals surface area contributed by atoms with Gasteiger partial charge in [0.25, 0.3) is 0 Å². The Bertz CT molecular complexity index is 3190. The van der Waals surface area contributed by atoms with E-state index in [1.807, 2.05) is 12.1 Å². The molecular formula is C57H41NO. The van der Waals surface area contributed by atoms with Crippen LogP contribution in [0.3, 0.4) is 0 Å². The molecule has 0 unspecified atom stereocenters. The molecule has 0 aliphatic heterocycles. The van der Waals surface area contributed by atoms with Gasteiger partial charge in [0.2, 0.25) is 0 Å². The van der Waals surface area contributed by atoms with Crippen LogP contribution < -0.4 is 4.90 Å². The Labute approximate surface area is 345 Å². The molecule has 1 aliphatic carbocycles. The van der Waals surface area contributed by atoms with Gasteiger partial charge in [0.15, 0.2) is 0 Å². The second-order valence-electron chi connectivity index (χ2n) is 16.1. The summed E-state index contributed by atoms with van der Waals surface area (Å²) in [6.45, 7) is 4.69. The van der Waals surface area contributed by atoms with Gasteiger partial charge in [-0.1, -0.05) is 178 Å². The van der Waals surface area contributed by atoms with E-state index >= 15 is 0 Å². The number of benzene rings is 9. The lowest BCUT2D eigenvalue weighted by molar-refractivity contribution is 0.660. The fraction of sp³-hybridized carbons (Fsp3) is 0.0526. The molecule has 0 atom stereocenters. The van der Waals surface area contributed by atoms with E-state index in [2.05, 4.69) is 219 Å². The average Bonchev–Trinajstić information content (AvgIpc) is 3.78. The number of furan rings is 1. The summed E-state index contributed by atoms with van der Waals surface area (Å²) in [5, 5.41) is 2.20. The van der Waals surface area contributed by atoms with Crippen molar-refractivity contribution in [1.29, 1.82) is 0 Å². The first kappa shape index (κ1) is 34.8. The number of hydrogen-bond acceptors (Lipinski definition) is 2. The molecule has 59 heavy (non-hydrogen) atoms. The number of rotatable bonds is 7. The molecule has 0 N–H and O–H groups in total. The van der Waals surface area contributed by atoms with Gasteiger partial charge in [-0.3, -0.25) is 0 Å².